The first-order valence-electron chi connectivity index (χ1n) is 10.1. The number of amides is 2. The summed E-state index contributed by atoms with van der Waals surface area (Å²) in [6.45, 7) is 6.04. The van der Waals surface area contributed by atoms with E-state index >= 15 is 0 Å². The van der Waals surface area contributed by atoms with Gasteiger partial charge in [0.05, 0.1) is 0 Å². The van der Waals surface area contributed by atoms with Gasteiger partial charge in [-0.2, -0.15) is 0 Å². The predicted molar refractivity (Wildman–Crippen MR) is 114 cm³/mol. The van der Waals surface area contributed by atoms with Crippen molar-refractivity contribution in [1.82, 2.24) is 15.5 Å². The minimum absolute atomic E-state index is 0.0147. The molecule has 6 nitrogen and oxygen atoms in total. The van der Waals surface area contributed by atoms with Crippen LogP contribution in [-0.2, 0) is 9.59 Å². The Balaban J connectivity index is 1.99. The first-order valence-corrected chi connectivity index (χ1v) is 11.0. The lowest BCUT2D eigenvalue weighted by molar-refractivity contribution is -0.127. The van der Waals surface area contributed by atoms with Gasteiger partial charge in [-0.1, -0.05) is 57.8 Å². The van der Waals surface area contributed by atoms with Crippen LogP contribution in [0.4, 0.5) is 9.52 Å². The molecular formula is C21H29FN4O2S. The molecule has 0 aliphatic carbocycles. The van der Waals surface area contributed by atoms with E-state index < -0.39 is 6.04 Å². The molecule has 0 bridgehead atoms. The van der Waals surface area contributed by atoms with Crippen LogP contribution in [0.15, 0.2) is 24.3 Å². The van der Waals surface area contributed by atoms with E-state index in [4.69, 9.17) is 0 Å². The van der Waals surface area contributed by atoms with E-state index in [-0.39, 0.29) is 23.5 Å². The van der Waals surface area contributed by atoms with E-state index in [1.807, 2.05) is 13.8 Å². The summed E-state index contributed by atoms with van der Waals surface area (Å²) >= 11 is 1.21. The van der Waals surface area contributed by atoms with Crippen molar-refractivity contribution in [2.24, 2.45) is 5.92 Å². The fraction of sp³-hybridized carbons (Fsp3) is 0.524. The Morgan fingerprint density at radius 3 is 2.48 bits per heavy atom. The Hall–Kier alpha value is -2.35. The van der Waals surface area contributed by atoms with Crippen molar-refractivity contribution >= 4 is 28.3 Å². The molecule has 2 atom stereocenters. The third-order valence-corrected chi connectivity index (χ3v) is 5.70. The van der Waals surface area contributed by atoms with Gasteiger partial charge < -0.3 is 5.32 Å². The molecule has 29 heavy (non-hydrogen) atoms. The molecule has 1 aromatic carbocycles. The van der Waals surface area contributed by atoms with E-state index in [0.717, 1.165) is 37.7 Å². The maximum absolute atomic E-state index is 13.1. The molecule has 0 saturated carbocycles. The number of nitrogens with zero attached hydrogens (tertiary/aromatic N) is 2. The molecule has 2 amide bonds. The van der Waals surface area contributed by atoms with Crippen LogP contribution in [0.3, 0.4) is 0 Å². The fourth-order valence-electron chi connectivity index (χ4n) is 2.83. The Bertz CT molecular complexity index is 794. The van der Waals surface area contributed by atoms with Crippen LogP contribution in [0, 0.1) is 11.7 Å². The van der Waals surface area contributed by atoms with Crippen molar-refractivity contribution < 1.29 is 14.0 Å². The molecule has 0 spiro atoms. The molecule has 8 heteroatoms. The lowest BCUT2D eigenvalue weighted by Crippen LogP contribution is -2.47. The van der Waals surface area contributed by atoms with Gasteiger partial charge in [0.25, 0.3) is 0 Å². The molecule has 1 heterocycles. The number of carbonyl (C=O) groups excluding carboxylic acids is 2. The largest absolute Gasteiger partial charge is 0.344 e. The molecule has 2 rings (SSSR count). The molecule has 0 saturated heterocycles. The zero-order valence-corrected chi connectivity index (χ0v) is 18.0. The fourth-order valence-corrected chi connectivity index (χ4v) is 3.58. The standard InChI is InChI=1S/C21H29FN4O2S/c1-4-6-7-8-9-17(27)23-18(14(3)5-2)19(28)24-21-26-25-20(29-21)15-10-12-16(22)13-11-15/h10-14,18H,4-9H2,1-3H3,(H,23,27)(H,24,26,28)/t14-,18+/m1/s1. The molecule has 2 aromatic rings. The third-order valence-electron chi connectivity index (χ3n) is 4.82. The minimum Gasteiger partial charge on any atom is -0.344 e. The summed E-state index contributed by atoms with van der Waals surface area (Å²) in [4.78, 5) is 25.0. The van der Waals surface area contributed by atoms with E-state index in [9.17, 15) is 14.0 Å². The second kappa shape index (κ2) is 11.6. The lowest BCUT2D eigenvalue weighted by Gasteiger charge is -2.23. The van der Waals surface area contributed by atoms with Crippen LogP contribution >= 0.6 is 11.3 Å². The smallest absolute Gasteiger partial charge is 0.249 e. The summed E-state index contributed by atoms with van der Waals surface area (Å²) in [5, 5.41) is 14.6. The maximum Gasteiger partial charge on any atom is 0.249 e. The number of carbonyl (C=O) groups is 2. The number of halogens is 1. The highest BCUT2D eigenvalue weighted by atomic mass is 32.1. The Kier molecular flexibility index (Phi) is 9.18. The molecule has 0 aliphatic rings. The minimum atomic E-state index is -0.628. The lowest BCUT2D eigenvalue weighted by atomic mass is 9.98. The van der Waals surface area contributed by atoms with Gasteiger partial charge in [0.1, 0.15) is 16.9 Å². The van der Waals surface area contributed by atoms with Crippen LogP contribution in [0.1, 0.15) is 59.3 Å². The first-order chi connectivity index (χ1) is 13.9. The monoisotopic (exact) mass is 420 g/mol. The first kappa shape index (κ1) is 22.9. The number of aromatic nitrogens is 2. The van der Waals surface area contributed by atoms with Gasteiger partial charge in [-0.15, -0.1) is 10.2 Å². The van der Waals surface area contributed by atoms with Crippen molar-refractivity contribution in [2.75, 3.05) is 5.32 Å². The van der Waals surface area contributed by atoms with Crippen molar-refractivity contribution in [2.45, 2.75) is 65.3 Å². The molecule has 2 N–H and O–H groups in total. The van der Waals surface area contributed by atoms with Gasteiger partial charge in [-0.3, -0.25) is 14.9 Å². The topological polar surface area (TPSA) is 84.0 Å². The van der Waals surface area contributed by atoms with Gasteiger partial charge in [0.2, 0.25) is 16.9 Å². The molecule has 0 unspecified atom stereocenters. The van der Waals surface area contributed by atoms with Crippen LogP contribution in [0.2, 0.25) is 0 Å². The third kappa shape index (κ3) is 7.20. The quantitative estimate of drug-likeness (QED) is 0.512. The molecule has 0 aliphatic heterocycles. The SMILES string of the molecule is CCCCCCC(=O)N[C@H](C(=O)Nc1nnc(-c2ccc(F)cc2)s1)[C@H](C)CC. The van der Waals surface area contributed by atoms with E-state index in [2.05, 4.69) is 27.8 Å². The number of nitrogens with one attached hydrogen (secondary N) is 2. The van der Waals surface area contributed by atoms with Gasteiger partial charge in [-0.05, 0) is 36.6 Å². The Labute approximate surface area is 175 Å². The number of anilines is 1. The van der Waals surface area contributed by atoms with Crippen molar-refractivity contribution in [1.29, 1.82) is 0 Å². The summed E-state index contributed by atoms with van der Waals surface area (Å²) in [6.07, 6.45) is 5.24. The number of hydrogen-bond donors (Lipinski definition) is 2. The number of benzene rings is 1. The number of unbranched alkanes of at least 4 members (excludes halogenated alkanes) is 3. The summed E-state index contributed by atoms with van der Waals surface area (Å²) < 4.78 is 13.1. The van der Waals surface area contributed by atoms with Crippen molar-refractivity contribution in [3.8, 4) is 10.6 Å². The van der Waals surface area contributed by atoms with E-state index in [1.54, 1.807) is 12.1 Å². The van der Waals surface area contributed by atoms with Crippen LogP contribution < -0.4 is 10.6 Å². The highest BCUT2D eigenvalue weighted by molar-refractivity contribution is 7.18. The summed E-state index contributed by atoms with van der Waals surface area (Å²) in [7, 11) is 0. The molecule has 0 fully saturated rings. The summed E-state index contributed by atoms with van der Waals surface area (Å²) in [6, 6.07) is 5.30. The van der Waals surface area contributed by atoms with Gasteiger partial charge in [0.15, 0.2) is 0 Å². The van der Waals surface area contributed by atoms with Crippen molar-refractivity contribution in [3.05, 3.63) is 30.1 Å². The molecule has 1 aromatic heterocycles. The van der Waals surface area contributed by atoms with E-state index in [0.29, 0.717) is 16.6 Å². The van der Waals surface area contributed by atoms with Gasteiger partial charge in [-0.25, -0.2) is 4.39 Å². The Morgan fingerprint density at radius 1 is 1.10 bits per heavy atom. The van der Waals surface area contributed by atoms with E-state index in [1.165, 1.54) is 23.5 Å². The van der Waals surface area contributed by atoms with Gasteiger partial charge >= 0.3 is 0 Å². The second-order valence-corrected chi connectivity index (χ2v) is 8.13. The van der Waals surface area contributed by atoms with Crippen LogP contribution in [0.5, 0.6) is 0 Å². The van der Waals surface area contributed by atoms with Crippen LogP contribution in [-0.4, -0.2) is 28.1 Å². The molecule has 158 valence electrons. The zero-order chi connectivity index (χ0) is 21.2. The highest BCUT2D eigenvalue weighted by Crippen LogP contribution is 2.26. The van der Waals surface area contributed by atoms with Gasteiger partial charge in [0, 0.05) is 12.0 Å². The van der Waals surface area contributed by atoms with Crippen LogP contribution in [0.25, 0.3) is 10.6 Å². The molecule has 0 radical (unpaired) electrons. The zero-order valence-electron chi connectivity index (χ0n) is 17.2. The molecular weight excluding hydrogens is 391 g/mol. The number of rotatable bonds is 11. The predicted octanol–water partition coefficient (Wildman–Crippen LogP) is 4.78. The normalized spacial score (nSPS) is 13.0. The average molecular weight is 421 g/mol. The Morgan fingerprint density at radius 2 is 1.83 bits per heavy atom. The average Bonchev–Trinajstić information content (AvgIpc) is 3.17. The number of hydrogen-bond acceptors (Lipinski definition) is 5. The maximum atomic E-state index is 13.1. The summed E-state index contributed by atoms with van der Waals surface area (Å²) in [5.74, 6) is -0.749. The van der Waals surface area contributed by atoms with Crippen molar-refractivity contribution in [3.63, 3.8) is 0 Å². The second-order valence-electron chi connectivity index (χ2n) is 7.15. The summed E-state index contributed by atoms with van der Waals surface area (Å²) in [5.41, 5.74) is 0.725. The highest BCUT2D eigenvalue weighted by Gasteiger charge is 2.26.